The van der Waals surface area contributed by atoms with Crippen molar-refractivity contribution in [2.75, 3.05) is 31.6 Å². The van der Waals surface area contributed by atoms with E-state index in [-0.39, 0.29) is 5.91 Å². The fourth-order valence-corrected chi connectivity index (χ4v) is 5.85. The monoisotopic (exact) mass is 506 g/mol. The van der Waals surface area contributed by atoms with Crippen LogP contribution in [0.1, 0.15) is 57.9 Å². The van der Waals surface area contributed by atoms with Crippen molar-refractivity contribution in [2.24, 2.45) is 11.0 Å². The molecule has 0 spiro atoms. The lowest BCUT2D eigenvalue weighted by Crippen LogP contribution is -2.35. The summed E-state index contributed by atoms with van der Waals surface area (Å²) in [6.07, 6.45) is 5.72. The van der Waals surface area contributed by atoms with Crippen LogP contribution in [0.5, 0.6) is 0 Å². The Morgan fingerprint density at radius 1 is 1.03 bits per heavy atom. The number of hydrogen-bond acceptors (Lipinski definition) is 5. The van der Waals surface area contributed by atoms with E-state index in [2.05, 4.69) is 81.4 Å². The second-order valence-electron chi connectivity index (χ2n) is 10.4. The third kappa shape index (κ3) is 5.15. The first-order chi connectivity index (χ1) is 18.7. The molecular formula is C32H34N4O2. The standard InChI is InChI=1S/C32H34N4O2/c1-22(34-35-32(37)25-12-10-23(11-13-25)21-36-16-18-38-19-17-36)26-14-15-30-29(20-26)27-8-5-9-28(27)31(33-30)24-6-3-2-4-7-24/h2-8,10-15,20,27-28,31,33H,9,16-19,21H2,1H3,(H,35,37)/b34-22-/t27-,28+,31+/m1/s1. The summed E-state index contributed by atoms with van der Waals surface area (Å²) in [5, 5.41) is 8.23. The number of carbonyl (C=O) groups excluding carboxylic acids is 1. The number of ether oxygens (including phenoxy) is 1. The number of allylic oxidation sites excluding steroid dienone is 2. The maximum absolute atomic E-state index is 12.8. The van der Waals surface area contributed by atoms with Gasteiger partial charge in [-0.1, -0.05) is 60.7 Å². The summed E-state index contributed by atoms with van der Waals surface area (Å²) in [4.78, 5) is 15.1. The molecule has 0 radical (unpaired) electrons. The van der Waals surface area contributed by atoms with Gasteiger partial charge in [-0.05, 0) is 65.8 Å². The van der Waals surface area contributed by atoms with Gasteiger partial charge in [0.25, 0.3) is 5.91 Å². The number of hydrazone groups is 1. The van der Waals surface area contributed by atoms with E-state index >= 15 is 0 Å². The average Bonchev–Trinajstić information content (AvgIpc) is 3.47. The zero-order chi connectivity index (χ0) is 25.9. The lowest BCUT2D eigenvalue weighted by molar-refractivity contribution is 0.0342. The number of nitrogens with zero attached hydrogens (tertiary/aromatic N) is 2. The van der Waals surface area contributed by atoms with E-state index in [1.807, 2.05) is 31.2 Å². The summed E-state index contributed by atoms with van der Waals surface area (Å²) in [5.41, 5.74) is 10.1. The number of carbonyl (C=O) groups is 1. The summed E-state index contributed by atoms with van der Waals surface area (Å²) in [7, 11) is 0. The van der Waals surface area contributed by atoms with Gasteiger partial charge in [0, 0.05) is 36.8 Å². The second-order valence-corrected chi connectivity index (χ2v) is 10.4. The summed E-state index contributed by atoms with van der Waals surface area (Å²) in [5.74, 6) is 0.657. The molecule has 1 amide bonds. The first-order valence-corrected chi connectivity index (χ1v) is 13.5. The number of amides is 1. The van der Waals surface area contributed by atoms with Crippen molar-refractivity contribution in [3.63, 3.8) is 0 Å². The minimum atomic E-state index is -0.202. The van der Waals surface area contributed by atoms with Crippen LogP contribution in [0.4, 0.5) is 5.69 Å². The number of rotatable bonds is 6. The van der Waals surface area contributed by atoms with E-state index in [0.29, 0.717) is 23.4 Å². The number of fused-ring (bicyclic) bond motifs is 3. The number of nitrogens with one attached hydrogen (secondary N) is 2. The third-order valence-electron chi connectivity index (χ3n) is 7.99. The molecule has 3 aliphatic rings. The summed E-state index contributed by atoms with van der Waals surface area (Å²) in [6.45, 7) is 6.27. The van der Waals surface area contributed by atoms with Crippen LogP contribution >= 0.6 is 0 Å². The summed E-state index contributed by atoms with van der Waals surface area (Å²) >= 11 is 0. The second kappa shape index (κ2) is 10.9. The Kier molecular flexibility index (Phi) is 7.08. The zero-order valence-electron chi connectivity index (χ0n) is 21.8. The molecule has 3 atom stereocenters. The lowest BCUT2D eigenvalue weighted by atomic mass is 9.76. The average molecular weight is 507 g/mol. The molecule has 3 aromatic rings. The molecule has 2 heterocycles. The minimum Gasteiger partial charge on any atom is -0.379 e. The quantitative estimate of drug-likeness (QED) is 0.263. The van der Waals surface area contributed by atoms with E-state index in [4.69, 9.17) is 4.74 Å². The van der Waals surface area contributed by atoms with Crippen LogP contribution in [0.25, 0.3) is 0 Å². The van der Waals surface area contributed by atoms with Crippen LogP contribution in [0, 0.1) is 5.92 Å². The van der Waals surface area contributed by atoms with E-state index in [0.717, 1.165) is 50.5 Å². The Bertz CT molecular complexity index is 1340. The van der Waals surface area contributed by atoms with Crippen molar-refractivity contribution in [3.05, 3.63) is 113 Å². The normalized spacial score (nSPS) is 22.9. The van der Waals surface area contributed by atoms with Gasteiger partial charge in [0.2, 0.25) is 0 Å². The first-order valence-electron chi connectivity index (χ1n) is 13.5. The van der Waals surface area contributed by atoms with Gasteiger partial charge in [0.15, 0.2) is 0 Å². The van der Waals surface area contributed by atoms with Crippen LogP contribution in [0.15, 0.2) is 90.0 Å². The van der Waals surface area contributed by atoms with Gasteiger partial charge >= 0.3 is 0 Å². The Balaban J connectivity index is 1.13. The van der Waals surface area contributed by atoms with Gasteiger partial charge in [0.1, 0.15) is 0 Å². The van der Waals surface area contributed by atoms with Crippen molar-refractivity contribution in [1.29, 1.82) is 0 Å². The Morgan fingerprint density at radius 2 is 1.79 bits per heavy atom. The number of morpholine rings is 1. The van der Waals surface area contributed by atoms with E-state index in [1.165, 1.54) is 22.4 Å². The molecule has 38 heavy (non-hydrogen) atoms. The van der Waals surface area contributed by atoms with E-state index in [9.17, 15) is 4.79 Å². The summed E-state index contributed by atoms with van der Waals surface area (Å²) in [6, 6.07) is 25.2. The zero-order valence-corrected chi connectivity index (χ0v) is 21.8. The lowest BCUT2D eigenvalue weighted by Gasteiger charge is -2.37. The van der Waals surface area contributed by atoms with Crippen LogP contribution in [-0.4, -0.2) is 42.8 Å². The van der Waals surface area contributed by atoms with Crippen molar-refractivity contribution in [1.82, 2.24) is 10.3 Å². The van der Waals surface area contributed by atoms with Crippen LogP contribution in [0.2, 0.25) is 0 Å². The van der Waals surface area contributed by atoms with Gasteiger partial charge in [0.05, 0.1) is 25.0 Å². The summed E-state index contributed by atoms with van der Waals surface area (Å²) < 4.78 is 5.42. The van der Waals surface area contributed by atoms with Gasteiger partial charge < -0.3 is 10.1 Å². The molecule has 2 aliphatic heterocycles. The highest BCUT2D eigenvalue weighted by molar-refractivity contribution is 6.01. The molecular weight excluding hydrogens is 472 g/mol. The number of benzene rings is 3. The minimum absolute atomic E-state index is 0.202. The van der Waals surface area contributed by atoms with Crippen LogP contribution in [0.3, 0.4) is 0 Å². The van der Waals surface area contributed by atoms with Crippen LogP contribution in [-0.2, 0) is 11.3 Å². The Hall–Kier alpha value is -3.74. The molecule has 6 rings (SSSR count). The van der Waals surface area contributed by atoms with Gasteiger partial charge in [-0.15, -0.1) is 0 Å². The van der Waals surface area contributed by atoms with Gasteiger partial charge in [-0.2, -0.15) is 5.10 Å². The van der Waals surface area contributed by atoms with Crippen molar-refractivity contribution in [3.8, 4) is 0 Å². The number of anilines is 1. The molecule has 1 saturated heterocycles. The molecule has 0 unspecified atom stereocenters. The fraction of sp³-hybridized carbons (Fsp3) is 0.312. The SMILES string of the molecule is C/C(=N/NC(=O)c1ccc(CN2CCOCC2)cc1)c1ccc2c(c1)[C@@H]1C=CC[C@@H]1[C@H](c1ccccc1)N2. The van der Waals surface area contributed by atoms with Gasteiger partial charge in [-0.25, -0.2) is 5.43 Å². The molecule has 3 aromatic carbocycles. The van der Waals surface area contributed by atoms with Gasteiger partial charge in [-0.3, -0.25) is 9.69 Å². The molecule has 194 valence electrons. The molecule has 0 bridgehead atoms. The third-order valence-corrected chi connectivity index (χ3v) is 7.99. The fourth-order valence-electron chi connectivity index (χ4n) is 5.85. The largest absolute Gasteiger partial charge is 0.379 e. The molecule has 1 fully saturated rings. The predicted molar refractivity (Wildman–Crippen MR) is 151 cm³/mol. The molecule has 1 aliphatic carbocycles. The Labute approximate surface area is 224 Å². The molecule has 2 N–H and O–H groups in total. The maximum Gasteiger partial charge on any atom is 0.271 e. The molecule has 0 aromatic heterocycles. The molecule has 6 heteroatoms. The number of hydrogen-bond donors (Lipinski definition) is 2. The first kappa shape index (κ1) is 24.6. The molecule has 0 saturated carbocycles. The van der Waals surface area contributed by atoms with Crippen molar-refractivity contribution < 1.29 is 9.53 Å². The highest BCUT2D eigenvalue weighted by atomic mass is 16.5. The smallest absolute Gasteiger partial charge is 0.271 e. The molecule has 6 nitrogen and oxygen atoms in total. The van der Waals surface area contributed by atoms with Crippen molar-refractivity contribution >= 4 is 17.3 Å². The van der Waals surface area contributed by atoms with Crippen LogP contribution < -0.4 is 10.7 Å². The maximum atomic E-state index is 12.8. The van der Waals surface area contributed by atoms with E-state index in [1.54, 1.807) is 0 Å². The highest BCUT2D eigenvalue weighted by Crippen LogP contribution is 2.49. The van der Waals surface area contributed by atoms with E-state index < -0.39 is 0 Å². The highest BCUT2D eigenvalue weighted by Gasteiger charge is 2.37. The topological polar surface area (TPSA) is 66.0 Å². The van der Waals surface area contributed by atoms with Crippen molar-refractivity contribution in [2.45, 2.75) is 31.8 Å². The Morgan fingerprint density at radius 3 is 2.58 bits per heavy atom. The predicted octanol–water partition coefficient (Wildman–Crippen LogP) is 5.50.